The Labute approximate surface area is 162 Å². The number of hydrogen-bond acceptors (Lipinski definition) is 5. The van der Waals surface area contributed by atoms with Crippen molar-refractivity contribution in [3.05, 3.63) is 41.2 Å². The van der Waals surface area contributed by atoms with Gasteiger partial charge in [-0.15, -0.1) is 0 Å². The van der Waals surface area contributed by atoms with E-state index < -0.39 is 6.04 Å². The summed E-state index contributed by atoms with van der Waals surface area (Å²) in [6.07, 6.45) is 3.85. The largest absolute Gasteiger partial charge is 0.489 e. The molecule has 1 atom stereocenters. The molecule has 0 radical (unpaired) electrons. The molecule has 1 aromatic heterocycles. The summed E-state index contributed by atoms with van der Waals surface area (Å²) in [4.78, 5) is 27.3. The van der Waals surface area contributed by atoms with Crippen LogP contribution in [0.2, 0.25) is 0 Å². The molecule has 2 amide bonds. The van der Waals surface area contributed by atoms with Gasteiger partial charge in [-0.25, -0.2) is 0 Å². The van der Waals surface area contributed by atoms with Crippen molar-refractivity contribution < 1.29 is 19.1 Å². The van der Waals surface area contributed by atoms with Crippen LogP contribution in [-0.2, 0) is 22.6 Å². The molecule has 28 heavy (non-hydrogen) atoms. The van der Waals surface area contributed by atoms with E-state index in [1.54, 1.807) is 7.05 Å². The lowest BCUT2D eigenvalue weighted by Crippen LogP contribution is -2.50. The molecule has 1 aliphatic carbocycles. The topological polar surface area (TPSA) is 96.6 Å². The average molecular weight is 382 g/mol. The number of aromatic nitrogens is 2. The van der Waals surface area contributed by atoms with Gasteiger partial charge in [0.25, 0.3) is 11.8 Å². The van der Waals surface area contributed by atoms with Crippen LogP contribution < -0.4 is 15.0 Å². The van der Waals surface area contributed by atoms with Crippen LogP contribution in [0.4, 0.5) is 5.69 Å². The molecule has 1 saturated carbocycles. The number of H-pyrrole nitrogens is 1. The predicted molar refractivity (Wildman–Crippen MR) is 100 cm³/mol. The van der Waals surface area contributed by atoms with E-state index in [4.69, 9.17) is 9.47 Å². The zero-order chi connectivity index (χ0) is 19.3. The molecule has 1 fully saturated rings. The van der Waals surface area contributed by atoms with Gasteiger partial charge in [0.05, 0.1) is 23.6 Å². The van der Waals surface area contributed by atoms with Crippen LogP contribution in [-0.4, -0.2) is 47.3 Å². The molecule has 3 heterocycles. The van der Waals surface area contributed by atoms with Crippen LogP contribution in [0.15, 0.2) is 24.3 Å². The molecule has 0 bridgehead atoms. The minimum atomic E-state index is -0.783. The highest BCUT2D eigenvalue weighted by Crippen LogP contribution is 2.43. The van der Waals surface area contributed by atoms with Gasteiger partial charge in [-0.3, -0.25) is 14.7 Å². The van der Waals surface area contributed by atoms with Gasteiger partial charge in [0.15, 0.2) is 5.69 Å². The van der Waals surface area contributed by atoms with Crippen LogP contribution in [0.3, 0.4) is 0 Å². The number of benzene rings is 1. The van der Waals surface area contributed by atoms with E-state index in [0.717, 1.165) is 30.5 Å². The summed E-state index contributed by atoms with van der Waals surface area (Å²) in [5, 5.41) is 9.94. The van der Waals surface area contributed by atoms with Crippen molar-refractivity contribution in [3.8, 4) is 5.75 Å². The van der Waals surface area contributed by atoms with Crippen molar-refractivity contribution in [3.63, 3.8) is 0 Å². The van der Waals surface area contributed by atoms with Crippen molar-refractivity contribution in [2.45, 2.75) is 43.9 Å². The number of amides is 2. The van der Waals surface area contributed by atoms with Gasteiger partial charge < -0.3 is 19.7 Å². The molecule has 1 aromatic carbocycles. The lowest BCUT2D eigenvalue weighted by molar-refractivity contribution is -0.120. The first kappa shape index (κ1) is 17.2. The summed E-state index contributed by atoms with van der Waals surface area (Å²) in [6.45, 7) is 0.519. The molecule has 5 rings (SSSR count). The Bertz CT molecular complexity index is 949. The maximum Gasteiger partial charge on any atom is 0.272 e. The monoisotopic (exact) mass is 382 g/mol. The number of ether oxygens (including phenoxy) is 2. The minimum absolute atomic E-state index is 0.0750. The first-order valence-electron chi connectivity index (χ1n) is 9.57. The van der Waals surface area contributed by atoms with Gasteiger partial charge >= 0.3 is 0 Å². The number of hydrogen-bond donors (Lipinski definition) is 2. The maximum absolute atomic E-state index is 12.9. The molecular weight excluding hydrogens is 360 g/mol. The molecule has 3 aliphatic rings. The van der Waals surface area contributed by atoms with Gasteiger partial charge in [0.1, 0.15) is 18.4 Å². The summed E-state index contributed by atoms with van der Waals surface area (Å²) in [5.41, 5.74) is 2.64. The highest BCUT2D eigenvalue weighted by molar-refractivity contribution is 6.03. The molecule has 2 aliphatic heterocycles. The van der Waals surface area contributed by atoms with E-state index in [-0.39, 0.29) is 24.0 Å². The zero-order valence-electron chi connectivity index (χ0n) is 15.7. The number of para-hydroxylation sites is 2. The quantitative estimate of drug-likeness (QED) is 0.822. The highest BCUT2D eigenvalue weighted by atomic mass is 16.5. The second-order valence-electron chi connectivity index (χ2n) is 7.73. The number of likely N-dealkylation sites (N-methyl/N-ethyl adjacent to an activating group) is 1. The lowest BCUT2D eigenvalue weighted by atomic mass is 9.74. The van der Waals surface area contributed by atoms with Crippen LogP contribution >= 0.6 is 0 Å². The van der Waals surface area contributed by atoms with Crippen LogP contribution in [0.1, 0.15) is 41.0 Å². The fourth-order valence-corrected chi connectivity index (χ4v) is 4.17. The number of fused-ring (bicyclic) bond motifs is 2. The Hall–Kier alpha value is -2.87. The Morgan fingerprint density at radius 3 is 2.96 bits per heavy atom. The molecule has 8 nitrogen and oxygen atoms in total. The van der Waals surface area contributed by atoms with Crippen LogP contribution in [0.5, 0.6) is 5.75 Å². The van der Waals surface area contributed by atoms with Crippen molar-refractivity contribution in [1.29, 1.82) is 0 Å². The van der Waals surface area contributed by atoms with Crippen molar-refractivity contribution in [2.24, 2.45) is 0 Å². The fraction of sp³-hybridized carbons (Fsp3) is 0.450. The van der Waals surface area contributed by atoms with E-state index in [2.05, 4.69) is 15.5 Å². The van der Waals surface area contributed by atoms with E-state index in [1.807, 2.05) is 24.3 Å². The van der Waals surface area contributed by atoms with Gasteiger partial charge in [0, 0.05) is 19.0 Å². The SMILES string of the molecule is CN1C(=O)[C@@H](NC(=O)c2n[nH]c3c2CC2(CCC2)OC3)COc2ccccc21. The zero-order valence-corrected chi connectivity index (χ0v) is 15.7. The molecule has 8 heteroatoms. The van der Waals surface area contributed by atoms with E-state index in [1.165, 1.54) is 4.90 Å². The number of nitrogens with one attached hydrogen (secondary N) is 2. The standard InChI is InChI=1S/C20H22N4O4/c1-24-15-5-2-3-6-16(15)27-10-14(19(24)26)21-18(25)17-12-9-20(7-4-8-20)28-11-13(12)22-23-17/h2-3,5-6,14H,4,7-11H2,1H3,(H,21,25)(H,22,23)/t14-/m0/s1. The smallest absolute Gasteiger partial charge is 0.272 e. The van der Waals surface area contributed by atoms with Crippen molar-refractivity contribution >= 4 is 17.5 Å². The molecule has 2 N–H and O–H groups in total. The number of carbonyl (C=O) groups is 2. The van der Waals surface area contributed by atoms with Gasteiger partial charge in [-0.1, -0.05) is 12.1 Å². The van der Waals surface area contributed by atoms with Gasteiger partial charge in [0.2, 0.25) is 0 Å². The predicted octanol–water partition coefficient (Wildman–Crippen LogP) is 1.56. The molecule has 146 valence electrons. The fourth-order valence-electron chi connectivity index (χ4n) is 4.17. The van der Waals surface area contributed by atoms with E-state index in [0.29, 0.717) is 30.2 Å². The highest BCUT2D eigenvalue weighted by Gasteiger charge is 2.43. The molecule has 2 aromatic rings. The third-order valence-corrected chi connectivity index (χ3v) is 6.02. The molecule has 0 saturated heterocycles. The number of aromatic amines is 1. The molecule has 0 unspecified atom stereocenters. The van der Waals surface area contributed by atoms with E-state index in [9.17, 15) is 9.59 Å². The average Bonchev–Trinajstić information content (AvgIpc) is 3.07. The second kappa shape index (κ2) is 6.34. The van der Waals surface area contributed by atoms with Crippen LogP contribution in [0, 0.1) is 0 Å². The van der Waals surface area contributed by atoms with Crippen LogP contribution in [0.25, 0.3) is 0 Å². The number of anilines is 1. The number of carbonyl (C=O) groups excluding carboxylic acids is 2. The Balaban J connectivity index is 1.36. The first-order chi connectivity index (χ1) is 13.6. The number of nitrogens with zero attached hydrogens (tertiary/aromatic N) is 2. The van der Waals surface area contributed by atoms with E-state index >= 15 is 0 Å². The molecule has 1 spiro atoms. The second-order valence-corrected chi connectivity index (χ2v) is 7.73. The summed E-state index contributed by atoms with van der Waals surface area (Å²) in [5.74, 6) is 0.0352. The van der Waals surface area contributed by atoms with Crippen molar-refractivity contribution in [1.82, 2.24) is 15.5 Å². The van der Waals surface area contributed by atoms with Gasteiger partial charge in [-0.2, -0.15) is 5.10 Å². The Kier molecular flexibility index (Phi) is 3.90. The van der Waals surface area contributed by atoms with Gasteiger partial charge in [-0.05, 0) is 31.4 Å². The Morgan fingerprint density at radius 2 is 2.18 bits per heavy atom. The first-order valence-corrected chi connectivity index (χ1v) is 9.57. The lowest BCUT2D eigenvalue weighted by Gasteiger charge is -2.44. The summed E-state index contributed by atoms with van der Waals surface area (Å²) in [7, 11) is 1.68. The normalized spacial score (nSPS) is 22.5. The summed E-state index contributed by atoms with van der Waals surface area (Å²) in [6, 6.07) is 6.55. The number of rotatable bonds is 2. The maximum atomic E-state index is 12.9. The third kappa shape index (κ3) is 2.67. The molecular formula is C20H22N4O4. The Morgan fingerprint density at radius 1 is 1.36 bits per heavy atom. The third-order valence-electron chi connectivity index (χ3n) is 6.02. The minimum Gasteiger partial charge on any atom is -0.489 e. The summed E-state index contributed by atoms with van der Waals surface area (Å²) >= 11 is 0. The van der Waals surface area contributed by atoms with Crippen molar-refractivity contribution in [2.75, 3.05) is 18.6 Å². The summed E-state index contributed by atoms with van der Waals surface area (Å²) < 4.78 is 11.7.